The van der Waals surface area contributed by atoms with Gasteiger partial charge >= 0.3 is 11.9 Å². The second kappa shape index (κ2) is 6.92. The predicted octanol–water partition coefficient (Wildman–Crippen LogP) is 3.48. The van der Waals surface area contributed by atoms with Crippen LogP contribution in [-0.2, 0) is 20.9 Å². The van der Waals surface area contributed by atoms with Crippen LogP contribution in [0.5, 0.6) is 5.75 Å². The summed E-state index contributed by atoms with van der Waals surface area (Å²) in [5.74, 6) is -0.508. The Hall–Kier alpha value is -3.28. The van der Waals surface area contributed by atoms with Crippen molar-refractivity contribution >= 4 is 22.9 Å². The number of rotatable bonds is 5. The average molecular weight is 352 g/mol. The molecule has 0 N–H and O–H groups in total. The Labute approximate surface area is 149 Å². The van der Waals surface area contributed by atoms with E-state index in [1.165, 1.54) is 0 Å². The molecule has 1 fully saturated rings. The molecule has 26 heavy (non-hydrogen) atoms. The molecule has 0 spiro atoms. The second-order valence-corrected chi connectivity index (χ2v) is 5.86. The van der Waals surface area contributed by atoms with Gasteiger partial charge in [0.2, 0.25) is 11.9 Å². The van der Waals surface area contributed by atoms with Crippen LogP contribution in [0.3, 0.4) is 0 Å². The molecule has 0 radical (unpaired) electrons. The van der Waals surface area contributed by atoms with Crippen LogP contribution < -0.4 is 4.74 Å². The maximum atomic E-state index is 12.6. The molecule has 1 aliphatic heterocycles. The zero-order chi connectivity index (χ0) is 17.9. The first-order valence-corrected chi connectivity index (χ1v) is 8.28. The number of benzene rings is 2. The number of para-hydroxylation sites is 2. The SMILES string of the molecule is O=C(O[C@@H]1CCOC1=O)c1oc2ccccc2c1COc1ccccc1. The lowest BCUT2D eigenvalue weighted by Crippen LogP contribution is -2.23. The third-order valence-corrected chi connectivity index (χ3v) is 4.15. The smallest absolute Gasteiger partial charge is 0.375 e. The van der Waals surface area contributed by atoms with Gasteiger partial charge in [0.25, 0.3) is 0 Å². The van der Waals surface area contributed by atoms with Gasteiger partial charge in [-0.25, -0.2) is 9.59 Å². The first-order chi connectivity index (χ1) is 12.7. The van der Waals surface area contributed by atoms with Crippen molar-refractivity contribution in [3.63, 3.8) is 0 Å². The fourth-order valence-electron chi connectivity index (χ4n) is 2.85. The molecule has 0 saturated carbocycles. The van der Waals surface area contributed by atoms with Crippen LogP contribution >= 0.6 is 0 Å². The monoisotopic (exact) mass is 352 g/mol. The fourth-order valence-corrected chi connectivity index (χ4v) is 2.85. The maximum Gasteiger partial charge on any atom is 0.375 e. The first-order valence-electron chi connectivity index (χ1n) is 8.28. The average Bonchev–Trinajstić information content (AvgIpc) is 3.24. The van der Waals surface area contributed by atoms with Crippen LogP contribution in [-0.4, -0.2) is 24.6 Å². The minimum atomic E-state index is -0.890. The standard InChI is InChI=1S/C20H16O6/c21-19-17(10-11-23-19)26-20(22)18-15(12-24-13-6-2-1-3-7-13)14-8-4-5-9-16(14)25-18/h1-9,17H,10-12H2/t17-/m1/s1. The Kier molecular flexibility index (Phi) is 4.31. The van der Waals surface area contributed by atoms with Gasteiger partial charge in [-0.3, -0.25) is 0 Å². The molecule has 1 atom stereocenters. The molecule has 132 valence electrons. The Balaban J connectivity index is 1.62. The number of fused-ring (bicyclic) bond motifs is 1. The number of esters is 2. The highest BCUT2D eigenvalue weighted by molar-refractivity contribution is 5.97. The molecule has 0 amide bonds. The number of furan rings is 1. The molecule has 0 unspecified atom stereocenters. The molecule has 4 rings (SSSR count). The van der Waals surface area contributed by atoms with E-state index in [4.69, 9.17) is 18.6 Å². The minimum Gasteiger partial charge on any atom is -0.489 e. The van der Waals surface area contributed by atoms with E-state index in [-0.39, 0.29) is 19.0 Å². The van der Waals surface area contributed by atoms with E-state index in [9.17, 15) is 9.59 Å². The summed E-state index contributed by atoms with van der Waals surface area (Å²) >= 11 is 0. The summed E-state index contributed by atoms with van der Waals surface area (Å²) in [5.41, 5.74) is 1.14. The summed E-state index contributed by atoms with van der Waals surface area (Å²) in [6.07, 6.45) is -0.542. The summed E-state index contributed by atoms with van der Waals surface area (Å²) < 4.78 is 21.6. The van der Waals surface area contributed by atoms with Gasteiger partial charge in [-0.15, -0.1) is 0 Å². The number of carbonyl (C=O) groups is 2. The molecule has 1 aliphatic rings. The van der Waals surface area contributed by atoms with E-state index >= 15 is 0 Å². The third-order valence-electron chi connectivity index (χ3n) is 4.15. The molecule has 6 nitrogen and oxygen atoms in total. The van der Waals surface area contributed by atoms with Crippen molar-refractivity contribution in [1.29, 1.82) is 0 Å². The molecule has 1 aromatic heterocycles. The highest BCUT2D eigenvalue weighted by atomic mass is 16.6. The quantitative estimate of drug-likeness (QED) is 0.655. The summed E-state index contributed by atoms with van der Waals surface area (Å²) in [6.45, 7) is 0.390. The number of cyclic esters (lactones) is 1. The topological polar surface area (TPSA) is 75.0 Å². The van der Waals surface area contributed by atoms with Crippen molar-refractivity contribution in [2.45, 2.75) is 19.1 Å². The van der Waals surface area contributed by atoms with Crippen molar-refractivity contribution in [1.82, 2.24) is 0 Å². The summed E-state index contributed by atoms with van der Waals surface area (Å²) in [6, 6.07) is 16.6. The molecule has 0 bridgehead atoms. The molecule has 6 heteroatoms. The lowest BCUT2D eigenvalue weighted by Gasteiger charge is -2.09. The van der Waals surface area contributed by atoms with Crippen LogP contribution in [0.15, 0.2) is 59.0 Å². The van der Waals surface area contributed by atoms with Crippen LogP contribution in [0.1, 0.15) is 22.5 Å². The molecule has 0 aliphatic carbocycles. The van der Waals surface area contributed by atoms with Crippen molar-refractivity contribution in [2.24, 2.45) is 0 Å². The molecular formula is C20H16O6. The minimum absolute atomic E-state index is 0.0434. The van der Waals surface area contributed by atoms with E-state index in [2.05, 4.69) is 0 Å². The van der Waals surface area contributed by atoms with Crippen molar-refractivity contribution < 1.29 is 28.2 Å². The van der Waals surface area contributed by atoms with E-state index in [0.29, 0.717) is 23.3 Å². The lowest BCUT2D eigenvalue weighted by molar-refractivity contribution is -0.145. The van der Waals surface area contributed by atoms with Crippen LogP contribution in [0, 0.1) is 0 Å². The van der Waals surface area contributed by atoms with Gasteiger partial charge in [0.05, 0.1) is 12.2 Å². The molecule has 2 aromatic carbocycles. The number of hydrogen-bond acceptors (Lipinski definition) is 6. The maximum absolute atomic E-state index is 12.6. The lowest BCUT2D eigenvalue weighted by atomic mass is 10.1. The Morgan fingerprint density at radius 1 is 1.08 bits per heavy atom. The van der Waals surface area contributed by atoms with Gasteiger partial charge in [-0.05, 0) is 18.2 Å². The van der Waals surface area contributed by atoms with Crippen LogP contribution in [0.25, 0.3) is 11.0 Å². The third kappa shape index (κ3) is 3.13. The van der Waals surface area contributed by atoms with Crippen molar-refractivity contribution in [3.05, 3.63) is 65.9 Å². The van der Waals surface area contributed by atoms with Crippen molar-refractivity contribution in [2.75, 3.05) is 6.61 Å². The first kappa shape index (κ1) is 16.2. The number of ether oxygens (including phenoxy) is 3. The van der Waals surface area contributed by atoms with Crippen LogP contribution in [0.4, 0.5) is 0 Å². The Morgan fingerprint density at radius 3 is 2.62 bits per heavy atom. The van der Waals surface area contributed by atoms with Gasteiger partial charge in [-0.2, -0.15) is 0 Å². The molecule has 3 aromatic rings. The second-order valence-electron chi connectivity index (χ2n) is 5.86. The molecular weight excluding hydrogens is 336 g/mol. The van der Waals surface area contributed by atoms with Gasteiger partial charge in [0.15, 0.2) is 0 Å². The largest absolute Gasteiger partial charge is 0.489 e. The van der Waals surface area contributed by atoms with E-state index in [0.717, 1.165) is 5.39 Å². The zero-order valence-electron chi connectivity index (χ0n) is 13.8. The highest BCUT2D eigenvalue weighted by Gasteiger charge is 2.33. The van der Waals surface area contributed by atoms with E-state index in [1.54, 1.807) is 6.07 Å². The Morgan fingerprint density at radius 2 is 1.85 bits per heavy atom. The summed E-state index contributed by atoms with van der Waals surface area (Å²) in [4.78, 5) is 24.1. The zero-order valence-corrected chi connectivity index (χ0v) is 13.8. The summed E-state index contributed by atoms with van der Waals surface area (Å²) in [7, 11) is 0. The van der Waals surface area contributed by atoms with Crippen LogP contribution in [0.2, 0.25) is 0 Å². The highest BCUT2D eigenvalue weighted by Crippen LogP contribution is 2.28. The fraction of sp³-hybridized carbons (Fsp3) is 0.200. The van der Waals surface area contributed by atoms with Gasteiger partial charge < -0.3 is 18.6 Å². The summed E-state index contributed by atoms with van der Waals surface area (Å²) in [5, 5.41) is 0.768. The van der Waals surface area contributed by atoms with Gasteiger partial charge in [0, 0.05) is 11.8 Å². The van der Waals surface area contributed by atoms with E-state index in [1.807, 2.05) is 48.5 Å². The number of hydrogen-bond donors (Lipinski definition) is 0. The van der Waals surface area contributed by atoms with Gasteiger partial charge in [-0.1, -0.05) is 36.4 Å². The van der Waals surface area contributed by atoms with E-state index < -0.39 is 18.0 Å². The molecule has 1 saturated heterocycles. The Bertz CT molecular complexity index is 943. The van der Waals surface area contributed by atoms with Gasteiger partial charge in [0.1, 0.15) is 17.9 Å². The predicted molar refractivity (Wildman–Crippen MR) is 91.8 cm³/mol. The number of carbonyl (C=O) groups excluding carboxylic acids is 2. The molecule has 2 heterocycles. The van der Waals surface area contributed by atoms with Crippen molar-refractivity contribution in [3.8, 4) is 5.75 Å². The normalized spacial score (nSPS) is 16.5.